The summed E-state index contributed by atoms with van der Waals surface area (Å²) in [6.45, 7) is 4.35. The molecule has 0 aliphatic heterocycles. The van der Waals surface area contributed by atoms with Crippen LogP contribution in [0.15, 0.2) is 18.2 Å². The van der Waals surface area contributed by atoms with E-state index in [0.717, 1.165) is 10.6 Å². The smallest absolute Gasteiger partial charge is 0.0518 e. The SMILES string of the molecule is Cc1cc(Cl)ccc1C(CN)CC(C)O. The summed E-state index contributed by atoms with van der Waals surface area (Å²) in [5, 5.41) is 10.1. The molecule has 0 saturated carbocycles. The lowest BCUT2D eigenvalue weighted by molar-refractivity contribution is 0.175. The number of hydrogen-bond acceptors (Lipinski definition) is 2. The van der Waals surface area contributed by atoms with Crippen molar-refractivity contribution in [3.8, 4) is 0 Å². The Morgan fingerprint density at radius 3 is 2.60 bits per heavy atom. The van der Waals surface area contributed by atoms with Crippen LogP contribution < -0.4 is 5.73 Å². The highest BCUT2D eigenvalue weighted by molar-refractivity contribution is 6.30. The number of benzene rings is 1. The van der Waals surface area contributed by atoms with Gasteiger partial charge in [-0.25, -0.2) is 0 Å². The van der Waals surface area contributed by atoms with Crippen molar-refractivity contribution in [2.45, 2.75) is 32.3 Å². The lowest BCUT2D eigenvalue weighted by atomic mass is 9.90. The first-order valence-electron chi connectivity index (χ1n) is 5.18. The van der Waals surface area contributed by atoms with Gasteiger partial charge in [0, 0.05) is 5.02 Å². The van der Waals surface area contributed by atoms with E-state index in [-0.39, 0.29) is 12.0 Å². The van der Waals surface area contributed by atoms with Crippen LogP contribution in [0.4, 0.5) is 0 Å². The van der Waals surface area contributed by atoms with Gasteiger partial charge in [-0.05, 0) is 56.0 Å². The third kappa shape index (κ3) is 3.49. The van der Waals surface area contributed by atoms with Crippen LogP contribution in [0.2, 0.25) is 5.02 Å². The van der Waals surface area contributed by atoms with Crippen molar-refractivity contribution in [2.24, 2.45) is 5.73 Å². The zero-order valence-corrected chi connectivity index (χ0v) is 9.96. The Bertz CT molecular complexity index is 325. The quantitative estimate of drug-likeness (QED) is 0.830. The second-order valence-electron chi connectivity index (χ2n) is 4.02. The second kappa shape index (κ2) is 5.50. The highest BCUT2D eigenvalue weighted by Crippen LogP contribution is 2.25. The molecular weight excluding hydrogens is 210 g/mol. The van der Waals surface area contributed by atoms with E-state index in [0.29, 0.717) is 13.0 Å². The topological polar surface area (TPSA) is 46.2 Å². The predicted molar refractivity (Wildman–Crippen MR) is 64.3 cm³/mol. The molecule has 84 valence electrons. The Morgan fingerprint density at radius 2 is 2.13 bits per heavy atom. The fourth-order valence-corrected chi connectivity index (χ4v) is 2.09. The van der Waals surface area contributed by atoms with Crippen molar-refractivity contribution in [1.82, 2.24) is 0 Å². The summed E-state index contributed by atoms with van der Waals surface area (Å²) in [6, 6.07) is 5.80. The average molecular weight is 228 g/mol. The van der Waals surface area contributed by atoms with Crippen molar-refractivity contribution in [1.29, 1.82) is 0 Å². The molecular formula is C12H18ClNO. The molecule has 1 rings (SSSR count). The van der Waals surface area contributed by atoms with Gasteiger partial charge in [0.05, 0.1) is 6.10 Å². The number of aliphatic hydroxyl groups is 1. The molecule has 2 atom stereocenters. The first-order chi connectivity index (χ1) is 7.04. The molecule has 0 spiro atoms. The summed E-state index contributed by atoms with van der Waals surface area (Å²) in [7, 11) is 0. The zero-order valence-electron chi connectivity index (χ0n) is 9.20. The molecule has 0 bridgehead atoms. The number of aliphatic hydroxyl groups excluding tert-OH is 1. The first kappa shape index (κ1) is 12.5. The van der Waals surface area contributed by atoms with Crippen LogP contribution in [0, 0.1) is 6.92 Å². The van der Waals surface area contributed by atoms with E-state index < -0.39 is 0 Å². The van der Waals surface area contributed by atoms with Gasteiger partial charge in [0.15, 0.2) is 0 Å². The van der Waals surface area contributed by atoms with E-state index >= 15 is 0 Å². The molecule has 0 radical (unpaired) electrons. The Hall–Kier alpha value is -0.570. The standard InChI is InChI=1S/C12H18ClNO/c1-8-5-11(13)3-4-12(8)10(7-14)6-9(2)15/h3-5,9-10,15H,6-7,14H2,1-2H3. The van der Waals surface area contributed by atoms with Gasteiger partial charge in [-0.3, -0.25) is 0 Å². The molecule has 3 heteroatoms. The molecule has 0 saturated heterocycles. The van der Waals surface area contributed by atoms with Crippen molar-refractivity contribution in [3.63, 3.8) is 0 Å². The van der Waals surface area contributed by atoms with Crippen LogP contribution in [0.3, 0.4) is 0 Å². The minimum absolute atomic E-state index is 0.210. The van der Waals surface area contributed by atoms with Crippen LogP contribution in [-0.4, -0.2) is 17.8 Å². The third-order valence-corrected chi connectivity index (χ3v) is 2.82. The first-order valence-corrected chi connectivity index (χ1v) is 5.56. The van der Waals surface area contributed by atoms with E-state index in [1.54, 1.807) is 6.92 Å². The van der Waals surface area contributed by atoms with Gasteiger partial charge < -0.3 is 10.8 Å². The molecule has 2 nitrogen and oxygen atoms in total. The largest absolute Gasteiger partial charge is 0.393 e. The van der Waals surface area contributed by atoms with Crippen LogP contribution in [0.25, 0.3) is 0 Å². The molecule has 1 aromatic rings. The number of nitrogens with two attached hydrogens (primary N) is 1. The van der Waals surface area contributed by atoms with Crippen molar-refractivity contribution in [3.05, 3.63) is 34.3 Å². The summed E-state index contributed by atoms with van der Waals surface area (Å²) in [5.74, 6) is 0.210. The summed E-state index contributed by atoms with van der Waals surface area (Å²) < 4.78 is 0. The molecule has 3 N–H and O–H groups in total. The molecule has 2 unspecified atom stereocenters. The molecule has 0 heterocycles. The normalized spacial score (nSPS) is 15.0. The van der Waals surface area contributed by atoms with Crippen LogP contribution >= 0.6 is 11.6 Å². The highest BCUT2D eigenvalue weighted by atomic mass is 35.5. The number of halogens is 1. The van der Waals surface area contributed by atoms with Crippen LogP contribution in [0.1, 0.15) is 30.4 Å². The summed E-state index contributed by atoms with van der Waals surface area (Å²) in [6.07, 6.45) is 0.368. The summed E-state index contributed by atoms with van der Waals surface area (Å²) in [4.78, 5) is 0. The number of hydrogen-bond donors (Lipinski definition) is 2. The number of aryl methyl sites for hydroxylation is 1. The minimum atomic E-state index is -0.325. The lowest BCUT2D eigenvalue weighted by Crippen LogP contribution is -2.18. The monoisotopic (exact) mass is 227 g/mol. The lowest BCUT2D eigenvalue weighted by Gasteiger charge is -2.19. The van der Waals surface area contributed by atoms with Gasteiger partial charge in [0.25, 0.3) is 0 Å². The Kier molecular flexibility index (Phi) is 4.58. The summed E-state index contributed by atoms with van der Waals surface area (Å²) >= 11 is 5.89. The number of rotatable bonds is 4. The molecule has 0 fully saturated rings. The van der Waals surface area contributed by atoms with Gasteiger partial charge >= 0.3 is 0 Å². The summed E-state index contributed by atoms with van der Waals surface area (Å²) in [5.41, 5.74) is 8.04. The van der Waals surface area contributed by atoms with Gasteiger partial charge in [0.2, 0.25) is 0 Å². The molecule has 0 aliphatic carbocycles. The molecule has 15 heavy (non-hydrogen) atoms. The molecule has 1 aromatic carbocycles. The second-order valence-corrected chi connectivity index (χ2v) is 4.45. The Labute approximate surface area is 96.1 Å². The van der Waals surface area contributed by atoms with Crippen molar-refractivity contribution in [2.75, 3.05) is 6.54 Å². The van der Waals surface area contributed by atoms with E-state index in [4.69, 9.17) is 17.3 Å². The van der Waals surface area contributed by atoms with Gasteiger partial charge in [-0.2, -0.15) is 0 Å². The van der Waals surface area contributed by atoms with Gasteiger partial charge in [-0.15, -0.1) is 0 Å². The van der Waals surface area contributed by atoms with E-state index in [2.05, 4.69) is 0 Å². The zero-order chi connectivity index (χ0) is 11.4. The van der Waals surface area contributed by atoms with Gasteiger partial charge in [-0.1, -0.05) is 17.7 Å². The van der Waals surface area contributed by atoms with Crippen LogP contribution in [-0.2, 0) is 0 Å². The molecule has 0 amide bonds. The predicted octanol–water partition coefficient (Wildman–Crippen LogP) is 2.46. The Balaban J connectivity index is 2.91. The maximum atomic E-state index is 9.38. The molecule has 0 aliphatic rings. The van der Waals surface area contributed by atoms with Crippen LogP contribution in [0.5, 0.6) is 0 Å². The minimum Gasteiger partial charge on any atom is -0.393 e. The third-order valence-electron chi connectivity index (χ3n) is 2.58. The fourth-order valence-electron chi connectivity index (χ4n) is 1.86. The fraction of sp³-hybridized carbons (Fsp3) is 0.500. The average Bonchev–Trinajstić information content (AvgIpc) is 2.14. The maximum absolute atomic E-state index is 9.38. The Morgan fingerprint density at radius 1 is 1.47 bits per heavy atom. The molecule has 0 aromatic heterocycles. The maximum Gasteiger partial charge on any atom is 0.0518 e. The van der Waals surface area contributed by atoms with Crippen molar-refractivity contribution < 1.29 is 5.11 Å². The van der Waals surface area contributed by atoms with E-state index in [1.165, 1.54) is 5.56 Å². The van der Waals surface area contributed by atoms with Gasteiger partial charge in [0.1, 0.15) is 0 Å². The van der Waals surface area contributed by atoms with Crippen molar-refractivity contribution >= 4 is 11.6 Å². The highest BCUT2D eigenvalue weighted by Gasteiger charge is 2.14. The van der Waals surface area contributed by atoms with E-state index in [1.807, 2.05) is 25.1 Å². The van der Waals surface area contributed by atoms with E-state index in [9.17, 15) is 5.11 Å².